The van der Waals surface area contributed by atoms with E-state index in [1.807, 2.05) is 0 Å². The molecule has 0 saturated carbocycles. The molecule has 0 aliphatic carbocycles. The molecule has 0 unspecified atom stereocenters. The van der Waals surface area contributed by atoms with E-state index in [1.54, 1.807) is 4.90 Å². The molecule has 1 atom stereocenters. The quantitative estimate of drug-likeness (QED) is 0.490. The fraction of sp³-hybridized carbons (Fsp3) is 0.909. The Kier molecular flexibility index (Phi) is 3.59. The van der Waals surface area contributed by atoms with Gasteiger partial charge < -0.3 is 15.1 Å². The topological polar surface area (TPSA) is 41.4 Å². The Morgan fingerprint density at radius 3 is 2.73 bits per heavy atom. The highest BCUT2D eigenvalue weighted by Gasteiger charge is 2.30. The predicted molar refractivity (Wildman–Crippen MR) is 57.6 cm³/mol. The monoisotopic (exact) mass is 213 g/mol. The summed E-state index contributed by atoms with van der Waals surface area (Å²) in [7, 11) is 2.20. The Morgan fingerprint density at radius 1 is 1.40 bits per heavy atom. The first kappa shape index (κ1) is 10.9. The van der Waals surface area contributed by atoms with E-state index >= 15 is 0 Å². The summed E-state index contributed by atoms with van der Waals surface area (Å²) in [5.74, 6) is 0.718. The van der Waals surface area contributed by atoms with Crippen molar-refractivity contribution in [2.24, 2.45) is 5.92 Å². The second kappa shape index (κ2) is 4.94. The van der Waals surface area contributed by atoms with Gasteiger partial charge >= 0.3 is 0 Å². The maximum absolute atomic E-state index is 12.2. The zero-order valence-corrected chi connectivity index (χ0v) is 9.67. The molecule has 4 nitrogen and oxygen atoms in total. The van der Waals surface area contributed by atoms with Gasteiger partial charge in [-0.1, -0.05) is 0 Å². The number of piperazine rings is 1. The normalized spacial score (nSPS) is 29.1. The van der Waals surface area contributed by atoms with Gasteiger partial charge in [-0.15, -0.1) is 0 Å². The first-order valence-corrected chi connectivity index (χ1v) is 6.19. The van der Waals surface area contributed by atoms with Crippen LogP contribution in [0.2, 0.25) is 0 Å². The summed E-state index contributed by atoms with van der Waals surface area (Å²) in [4.78, 5) is 15.8. The minimum atomic E-state index is 0.303. The van der Waals surface area contributed by atoms with E-state index in [1.165, 1.54) is 13.0 Å². The molecule has 2 aliphatic rings. The Labute approximate surface area is 91.6 Å². The molecule has 0 spiro atoms. The summed E-state index contributed by atoms with van der Waals surface area (Å²) in [6, 6.07) is 0. The van der Waals surface area contributed by atoms with Gasteiger partial charge in [0.1, 0.15) is 0 Å². The van der Waals surface area contributed by atoms with Crippen molar-refractivity contribution in [1.29, 1.82) is 0 Å². The number of nitrogens with one attached hydrogen (secondary N) is 1. The number of nitrogens with two attached hydrogens (primary N) is 1. The lowest BCUT2D eigenvalue weighted by Crippen LogP contribution is -3.12. The number of hydrogen-bond acceptors (Lipinski definition) is 1. The molecule has 3 N–H and O–H groups in total. The predicted octanol–water partition coefficient (Wildman–Crippen LogP) is -2.68. The van der Waals surface area contributed by atoms with Crippen molar-refractivity contribution >= 4 is 5.91 Å². The summed E-state index contributed by atoms with van der Waals surface area (Å²) in [5, 5.41) is 2.29. The van der Waals surface area contributed by atoms with E-state index in [4.69, 9.17) is 0 Å². The molecule has 0 aromatic rings. The first-order valence-electron chi connectivity index (χ1n) is 6.19. The Morgan fingerprint density at radius 2 is 2.13 bits per heavy atom. The summed E-state index contributed by atoms with van der Waals surface area (Å²) < 4.78 is 0. The van der Waals surface area contributed by atoms with E-state index in [0.717, 1.165) is 39.1 Å². The van der Waals surface area contributed by atoms with Crippen LogP contribution in [0.4, 0.5) is 0 Å². The van der Waals surface area contributed by atoms with Gasteiger partial charge in [-0.2, -0.15) is 0 Å². The molecule has 2 saturated heterocycles. The van der Waals surface area contributed by atoms with Gasteiger partial charge in [0, 0.05) is 0 Å². The molecule has 4 heteroatoms. The molecule has 0 aromatic heterocycles. The Hall–Kier alpha value is -0.610. The molecule has 15 heavy (non-hydrogen) atoms. The van der Waals surface area contributed by atoms with Gasteiger partial charge in [-0.3, -0.25) is 4.79 Å². The lowest BCUT2D eigenvalue weighted by Gasteiger charge is -2.33. The molecule has 2 heterocycles. The number of carbonyl (C=O) groups is 1. The van der Waals surface area contributed by atoms with Crippen LogP contribution < -0.4 is 10.2 Å². The van der Waals surface area contributed by atoms with E-state index in [0.29, 0.717) is 11.8 Å². The highest BCUT2D eigenvalue weighted by atomic mass is 16.2. The zero-order chi connectivity index (χ0) is 10.7. The van der Waals surface area contributed by atoms with Crippen LogP contribution in [0.3, 0.4) is 0 Å². The van der Waals surface area contributed by atoms with Gasteiger partial charge in [-0.25, -0.2) is 0 Å². The van der Waals surface area contributed by atoms with Crippen LogP contribution in [-0.2, 0) is 4.79 Å². The lowest BCUT2D eigenvalue weighted by molar-refractivity contribution is -0.883. The smallest absolute Gasteiger partial charge is 0.231 e. The third-order valence-electron chi connectivity index (χ3n) is 3.69. The highest BCUT2D eigenvalue weighted by Crippen LogP contribution is 2.10. The van der Waals surface area contributed by atoms with Crippen LogP contribution in [0.1, 0.15) is 12.8 Å². The van der Waals surface area contributed by atoms with Crippen molar-refractivity contribution in [2.75, 3.05) is 46.3 Å². The maximum atomic E-state index is 12.2. The van der Waals surface area contributed by atoms with Crippen molar-refractivity contribution in [3.8, 4) is 0 Å². The Balaban J connectivity index is 1.84. The number of piperidine rings is 1. The third kappa shape index (κ3) is 2.69. The Bertz CT molecular complexity index is 218. The highest BCUT2D eigenvalue weighted by molar-refractivity contribution is 5.79. The fourth-order valence-electron chi connectivity index (χ4n) is 2.54. The molecule has 86 valence electrons. The second-order valence-corrected chi connectivity index (χ2v) is 4.93. The van der Waals surface area contributed by atoms with E-state index in [9.17, 15) is 4.79 Å². The summed E-state index contributed by atoms with van der Waals surface area (Å²) in [6.45, 7) is 6.36. The van der Waals surface area contributed by atoms with Crippen LogP contribution in [0.25, 0.3) is 0 Å². The minimum absolute atomic E-state index is 0.303. The van der Waals surface area contributed by atoms with Crippen LogP contribution in [-0.4, -0.2) is 57.1 Å². The van der Waals surface area contributed by atoms with Crippen molar-refractivity contribution in [3.05, 3.63) is 0 Å². The van der Waals surface area contributed by atoms with Gasteiger partial charge in [0.15, 0.2) is 0 Å². The summed E-state index contributed by atoms with van der Waals surface area (Å²) >= 11 is 0. The van der Waals surface area contributed by atoms with Gasteiger partial charge in [0.25, 0.3) is 0 Å². The van der Waals surface area contributed by atoms with Crippen molar-refractivity contribution in [2.45, 2.75) is 12.8 Å². The van der Waals surface area contributed by atoms with E-state index in [2.05, 4.69) is 17.3 Å². The van der Waals surface area contributed by atoms with Crippen LogP contribution >= 0.6 is 0 Å². The lowest BCUT2D eigenvalue weighted by atomic mass is 9.98. The number of nitrogens with zero attached hydrogens (tertiary/aromatic N) is 1. The van der Waals surface area contributed by atoms with Gasteiger partial charge in [-0.05, 0) is 12.8 Å². The number of rotatable bonds is 1. The van der Waals surface area contributed by atoms with E-state index in [-0.39, 0.29) is 0 Å². The number of amides is 1. The molecule has 2 fully saturated rings. The molecule has 2 aliphatic heterocycles. The van der Waals surface area contributed by atoms with Crippen molar-refractivity contribution in [3.63, 3.8) is 0 Å². The van der Waals surface area contributed by atoms with Crippen LogP contribution in [0, 0.1) is 5.92 Å². The zero-order valence-electron chi connectivity index (χ0n) is 9.67. The minimum Gasteiger partial charge on any atom is -0.346 e. The number of carbonyl (C=O) groups excluding carboxylic acids is 1. The summed E-state index contributed by atoms with van der Waals surface area (Å²) in [6.07, 6.45) is 2.31. The molecule has 0 radical (unpaired) electrons. The van der Waals surface area contributed by atoms with Gasteiger partial charge in [0.05, 0.1) is 52.2 Å². The third-order valence-corrected chi connectivity index (χ3v) is 3.69. The standard InChI is InChI=1S/C11H21N3O/c1-13-5-7-14(8-6-13)11(15)10-3-2-4-12-9-10/h10,12H,2-9H2,1H3/p+2/t10-/m0/s1. The molecule has 0 aromatic carbocycles. The fourth-order valence-corrected chi connectivity index (χ4v) is 2.54. The molecule has 0 bridgehead atoms. The molecular weight excluding hydrogens is 190 g/mol. The van der Waals surface area contributed by atoms with E-state index < -0.39 is 0 Å². The molecule has 2 rings (SSSR count). The average molecular weight is 213 g/mol. The largest absolute Gasteiger partial charge is 0.346 e. The van der Waals surface area contributed by atoms with Crippen molar-refractivity contribution in [1.82, 2.24) is 4.90 Å². The number of likely N-dealkylation sites (N-methyl/N-ethyl adjacent to an activating group) is 1. The molecule has 1 amide bonds. The SMILES string of the molecule is C[NH+]1CCN(C(=O)[C@H]2CCC[NH2+]C2)CC1. The average Bonchev–Trinajstić information content (AvgIpc) is 2.30. The second-order valence-electron chi connectivity index (χ2n) is 4.93. The first-order chi connectivity index (χ1) is 7.27. The molecular formula is C11H23N3O+2. The number of quaternary nitrogens is 2. The maximum Gasteiger partial charge on any atom is 0.231 e. The van der Waals surface area contributed by atoms with Crippen molar-refractivity contribution < 1.29 is 15.0 Å². The van der Waals surface area contributed by atoms with Crippen LogP contribution in [0.5, 0.6) is 0 Å². The number of hydrogen-bond donors (Lipinski definition) is 2. The van der Waals surface area contributed by atoms with Crippen LogP contribution in [0.15, 0.2) is 0 Å². The van der Waals surface area contributed by atoms with Gasteiger partial charge in [0.2, 0.25) is 5.91 Å². The summed E-state index contributed by atoms with van der Waals surface area (Å²) in [5.41, 5.74) is 0.